The lowest BCUT2D eigenvalue weighted by Gasteiger charge is -2.35. The third kappa shape index (κ3) is 6.57. The third-order valence-corrected chi connectivity index (χ3v) is 12.7. The van der Waals surface area contributed by atoms with Crippen LogP contribution in [0.15, 0.2) is 49.1 Å². The van der Waals surface area contributed by atoms with E-state index >= 15 is 4.39 Å². The van der Waals surface area contributed by atoms with Gasteiger partial charge in [-0.1, -0.05) is 0 Å². The number of benzene rings is 1. The maximum atomic E-state index is 15.4. The number of rotatable bonds is 10. The number of piperazine rings is 1. The number of hydrogen-bond acceptors (Lipinski definition) is 14. The van der Waals surface area contributed by atoms with Gasteiger partial charge in [0.2, 0.25) is 11.8 Å². The molecule has 4 amide bonds. The molecule has 57 heavy (non-hydrogen) atoms. The Morgan fingerprint density at radius 1 is 0.965 bits per heavy atom. The molecule has 1 aliphatic carbocycles. The van der Waals surface area contributed by atoms with E-state index in [1.54, 1.807) is 18.5 Å². The Hall–Kier alpha value is -6.15. The summed E-state index contributed by atoms with van der Waals surface area (Å²) in [7, 11) is -3.52. The highest BCUT2D eigenvalue weighted by molar-refractivity contribution is 7.90. The van der Waals surface area contributed by atoms with Gasteiger partial charge in [-0.15, -0.1) is 0 Å². The van der Waals surface area contributed by atoms with Crippen LogP contribution in [0.5, 0.6) is 0 Å². The number of anilines is 3. The second kappa shape index (κ2) is 13.8. The van der Waals surface area contributed by atoms with E-state index in [4.69, 9.17) is 5.10 Å². The highest BCUT2D eigenvalue weighted by Gasteiger charge is 2.46. The Bertz CT molecular complexity index is 2610. The molecule has 20 heteroatoms. The monoisotopic (exact) mass is 796 g/mol. The van der Waals surface area contributed by atoms with E-state index in [-0.39, 0.29) is 30.0 Å². The molecule has 5 aromatic rings. The third-order valence-electron chi connectivity index (χ3n) is 10.6. The van der Waals surface area contributed by atoms with E-state index < -0.39 is 50.8 Å². The molecule has 2 N–H and O–H groups in total. The number of nitrogens with zero attached hydrogens (tertiary/aromatic N) is 10. The highest BCUT2D eigenvalue weighted by Crippen LogP contribution is 2.34. The van der Waals surface area contributed by atoms with Crippen molar-refractivity contribution >= 4 is 62.0 Å². The van der Waals surface area contributed by atoms with Gasteiger partial charge in [-0.2, -0.15) is 14.3 Å². The lowest BCUT2D eigenvalue weighted by molar-refractivity contribution is -0.136. The van der Waals surface area contributed by atoms with Crippen LogP contribution in [0.4, 0.5) is 21.8 Å². The Labute approximate surface area is 325 Å². The number of pyridine rings is 1. The molecular formula is C37H37FN12O6S. The van der Waals surface area contributed by atoms with Gasteiger partial charge in [-0.05, 0) is 56.9 Å². The fraction of sp³-hybridized carbons (Fsp3) is 0.378. The molecule has 0 spiro atoms. The number of nitrogens with one attached hydrogen (secondary N) is 2. The van der Waals surface area contributed by atoms with Crippen molar-refractivity contribution in [2.45, 2.75) is 63.4 Å². The predicted molar refractivity (Wildman–Crippen MR) is 202 cm³/mol. The molecule has 9 rings (SSSR count). The number of carbonyl (C=O) groups is 4. The number of halogens is 1. The average Bonchev–Trinajstić information content (AvgIpc) is 3.72. The van der Waals surface area contributed by atoms with Crippen molar-refractivity contribution in [3.8, 4) is 11.4 Å². The zero-order chi connectivity index (χ0) is 39.7. The van der Waals surface area contributed by atoms with Gasteiger partial charge >= 0.3 is 0 Å². The van der Waals surface area contributed by atoms with E-state index in [0.717, 1.165) is 25.7 Å². The summed E-state index contributed by atoms with van der Waals surface area (Å²) >= 11 is 0. The van der Waals surface area contributed by atoms with Gasteiger partial charge in [0.1, 0.15) is 23.5 Å². The Kier molecular flexibility index (Phi) is 8.83. The lowest BCUT2D eigenvalue weighted by Crippen LogP contribution is -2.54. The summed E-state index contributed by atoms with van der Waals surface area (Å²) in [5.74, 6) is -1.60. The molecule has 7 heterocycles. The van der Waals surface area contributed by atoms with E-state index in [2.05, 4.69) is 40.5 Å². The number of piperidine rings is 1. The molecule has 0 radical (unpaired) electrons. The van der Waals surface area contributed by atoms with Crippen molar-refractivity contribution < 1.29 is 32.0 Å². The normalized spacial score (nSPS) is 19.2. The van der Waals surface area contributed by atoms with E-state index in [1.807, 2.05) is 24.6 Å². The number of carbonyl (C=O) groups excluding carboxylic acids is 4. The zero-order valence-corrected chi connectivity index (χ0v) is 31.7. The van der Waals surface area contributed by atoms with Gasteiger partial charge in [0, 0.05) is 63.6 Å². The first kappa shape index (κ1) is 36.5. The number of amides is 4. The van der Waals surface area contributed by atoms with Gasteiger partial charge in [0.25, 0.3) is 21.8 Å². The Morgan fingerprint density at radius 3 is 2.49 bits per heavy atom. The average molecular weight is 797 g/mol. The Balaban J connectivity index is 0.881. The van der Waals surface area contributed by atoms with Gasteiger partial charge in [0.15, 0.2) is 11.6 Å². The van der Waals surface area contributed by atoms with Crippen molar-refractivity contribution in [3.63, 3.8) is 0 Å². The smallest absolute Gasteiger partial charge is 0.265 e. The second-order valence-corrected chi connectivity index (χ2v) is 17.0. The minimum atomic E-state index is -3.52. The molecular weight excluding hydrogens is 760 g/mol. The summed E-state index contributed by atoms with van der Waals surface area (Å²) in [6, 6.07) is 5.23. The Morgan fingerprint density at radius 2 is 1.75 bits per heavy atom. The first-order valence-corrected chi connectivity index (χ1v) is 20.1. The minimum Gasteiger partial charge on any atom is -0.352 e. The summed E-state index contributed by atoms with van der Waals surface area (Å²) in [6.07, 6.45) is 7.44. The molecule has 0 bridgehead atoms. The first-order chi connectivity index (χ1) is 27.3. The summed E-state index contributed by atoms with van der Waals surface area (Å²) in [5.41, 5.74) is 1.42. The van der Waals surface area contributed by atoms with Crippen molar-refractivity contribution in [1.29, 1.82) is 0 Å². The molecule has 1 atom stereocenters. The minimum absolute atomic E-state index is 0.00935. The summed E-state index contributed by atoms with van der Waals surface area (Å²) in [6.45, 7) is 6.86. The number of imide groups is 2. The number of aromatic nitrogens is 7. The summed E-state index contributed by atoms with van der Waals surface area (Å²) in [5, 5.41) is 14.9. The van der Waals surface area contributed by atoms with Gasteiger partial charge in [0.05, 0.1) is 45.2 Å². The predicted octanol–water partition coefficient (Wildman–Crippen LogP) is 2.61. The molecule has 3 aliphatic heterocycles. The summed E-state index contributed by atoms with van der Waals surface area (Å²) in [4.78, 5) is 69.1. The van der Waals surface area contributed by atoms with Gasteiger partial charge in [-0.3, -0.25) is 39.0 Å². The van der Waals surface area contributed by atoms with E-state index in [0.29, 0.717) is 74.2 Å². The van der Waals surface area contributed by atoms with Crippen LogP contribution in [0.25, 0.3) is 22.3 Å². The van der Waals surface area contributed by atoms with E-state index in [1.165, 1.54) is 24.5 Å². The van der Waals surface area contributed by atoms with Gasteiger partial charge < -0.3 is 10.2 Å². The fourth-order valence-corrected chi connectivity index (χ4v) is 9.04. The largest absolute Gasteiger partial charge is 0.352 e. The molecule has 1 aromatic carbocycles. The maximum Gasteiger partial charge on any atom is 0.265 e. The van der Waals surface area contributed by atoms with Crippen molar-refractivity contribution in [2.24, 2.45) is 0 Å². The maximum absolute atomic E-state index is 15.4. The topological polar surface area (TPSA) is 211 Å². The highest BCUT2D eigenvalue weighted by atomic mass is 32.2. The quantitative estimate of drug-likeness (QED) is 0.195. The van der Waals surface area contributed by atoms with Crippen LogP contribution in [-0.2, 0) is 26.2 Å². The summed E-state index contributed by atoms with van der Waals surface area (Å²) < 4.78 is 43.6. The van der Waals surface area contributed by atoms with Crippen LogP contribution in [0.1, 0.15) is 71.9 Å². The molecule has 1 saturated carbocycles. The first-order valence-electron chi connectivity index (χ1n) is 18.6. The van der Waals surface area contributed by atoms with Crippen LogP contribution < -0.4 is 15.5 Å². The van der Waals surface area contributed by atoms with Crippen molar-refractivity contribution in [1.82, 2.24) is 49.0 Å². The number of hydrogen-bond donors (Lipinski definition) is 2. The molecule has 3 fully saturated rings. The SMILES string of the molecule is CC(C)n1nc(N2CCN(Cc3cc(F)c4c(c3)C(=O)N(C3CCC(=O)NC3=O)C4=O)CC2)c2cnc(Nc3ccnc(-c4cnn(S(=O)(=O)C5CC5)c4)n3)cc21. The zero-order valence-electron chi connectivity index (χ0n) is 30.9. The van der Waals surface area contributed by atoms with Crippen LogP contribution >= 0.6 is 0 Å². The molecule has 4 aliphatic rings. The van der Waals surface area contributed by atoms with E-state index in [9.17, 15) is 27.6 Å². The number of fused-ring (bicyclic) bond motifs is 2. The molecule has 4 aromatic heterocycles. The molecule has 1 unspecified atom stereocenters. The molecule has 18 nitrogen and oxygen atoms in total. The molecule has 294 valence electrons. The van der Waals surface area contributed by atoms with Crippen molar-refractivity contribution in [2.75, 3.05) is 36.4 Å². The standard InChI is InChI=1S/C37H37FN12O6S/c1-20(2)50-28-15-30(42-29-7-8-39-33(43-29)22-16-41-48(19-22)57(55,56)23-3-4-23)40-17-25(28)34(45-50)47-11-9-46(10-12-47)18-21-13-24-32(26(38)14-21)37(54)49(36(24)53)27-5-6-31(51)44-35(27)52/h7-8,13-17,19-20,23,27H,3-6,9-12,18H2,1-2H3,(H,44,51,52)(H,39,40,42,43). The second-order valence-electron chi connectivity index (χ2n) is 14.9. The lowest BCUT2D eigenvalue weighted by atomic mass is 10.0. The van der Waals surface area contributed by atoms with Crippen LogP contribution in [0, 0.1) is 5.82 Å². The van der Waals surface area contributed by atoms with Crippen molar-refractivity contribution in [3.05, 3.63) is 71.6 Å². The van der Waals surface area contributed by atoms with Crippen LogP contribution in [-0.4, -0.2) is 113 Å². The van der Waals surface area contributed by atoms with Crippen LogP contribution in [0.2, 0.25) is 0 Å². The molecule has 2 saturated heterocycles. The van der Waals surface area contributed by atoms with Crippen LogP contribution in [0.3, 0.4) is 0 Å². The van der Waals surface area contributed by atoms with Gasteiger partial charge in [-0.25, -0.2) is 27.8 Å². The fourth-order valence-electron chi connectivity index (χ4n) is 7.56.